The summed E-state index contributed by atoms with van der Waals surface area (Å²) in [6.45, 7) is 4.22. The minimum atomic E-state index is 0.136. The highest BCUT2D eigenvalue weighted by Gasteiger charge is 2.24. The summed E-state index contributed by atoms with van der Waals surface area (Å²) in [4.78, 5) is 9.07. The SMILES string of the molecule is COc1cccc(-c2cc(O[C@H](C)[C@@H]3CCNC3)c3c(c2)ncn3C)n1. The van der Waals surface area contributed by atoms with Crippen LogP contribution in [0.4, 0.5) is 0 Å². The molecule has 1 saturated heterocycles. The van der Waals surface area contributed by atoms with Crippen molar-refractivity contribution in [2.45, 2.75) is 19.4 Å². The Bertz CT molecular complexity index is 915. The predicted molar refractivity (Wildman–Crippen MR) is 102 cm³/mol. The van der Waals surface area contributed by atoms with E-state index in [4.69, 9.17) is 9.47 Å². The summed E-state index contributed by atoms with van der Waals surface area (Å²) in [5.74, 6) is 1.97. The molecule has 26 heavy (non-hydrogen) atoms. The monoisotopic (exact) mass is 352 g/mol. The van der Waals surface area contributed by atoms with Crippen LogP contribution in [0.15, 0.2) is 36.7 Å². The molecular formula is C20H24N4O2. The van der Waals surface area contributed by atoms with Gasteiger partial charge in [0.05, 0.1) is 24.6 Å². The number of aryl methyl sites for hydroxylation is 1. The molecule has 6 nitrogen and oxygen atoms in total. The van der Waals surface area contributed by atoms with E-state index < -0.39 is 0 Å². The minimum Gasteiger partial charge on any atom is -0.488 e. The summed E-state index contributed by atoms with van der Waals surface area (Å²) in [7, 11) is 3.62. The van der Waals surface area contributed by atoms with Gasteiger partial charge in [-0.25, -0.2) is 9.97 Å². The van der Waals surface area contributed by atoms with E-state index in [1.54, 1.807) is 7.11 Å². The summed E-state index contributed by atoms with van der Waals surface area (Å²) in [6.07, 6.45) is 3.10. The molecule has 1 aliphatic heterocycles. The van der Waals surface area contributed by atoms with Crippen LogP contribution in [-0.2, 0) is 7.05 Å². The van der Waals surface area contributed by atoms with Crippen molar-refractivity contribution in [3.8, 4) is 22.9 Å². The molecule has 2 aromatic heterocycles. The molecule has 0 saturated carbocycles. The zero-order chi connectivity index (χ0) is 18.1. The molecule has 6 heteroatoms. The van der Waals surface area contributed by atoms with Gasteiger partial charge in [-0.15, -0.1) is 0 Å². The Morgan fingerprint density at radius 2 is 2.19 bits per heavy atom. The van der Waals surface area contributed by atoms with Crippen molar-refractivity contribution in [1.29, 1.82) is 0 Å². The second kappa shape index (κ2) is 6.96. The van der Waals surface area contributed by atoms with Crippen LogP contribution in [0, 0.1) is 5.92 Å². The maximum absolute atomic E-state index is 6.41. The fourth-order valence-electron chi connectivity index (χ4n) is 3.55. The molecule has 3 heterocycles. The second-order valence-electron chi connectivity index (χ2n) is 6.84. The Kier molecular flexibility index (Phi) is 4.51. The lowest BCUT2D eigenvalue weighted by Crippen LogP contribution is -2.25. The number of nitrogens with zero attached hydrogens (tertiary/aromatic N) is 3. The first-order valence-corrected chi connectivity index (χ1v) is 8.99. The van der Waals surface area contributed by atoms with Crippen LogP contribution < -0.4 is 14.8 Å². The number of ether oxygens (including phenoxy) is 2. The van der Waals surface area contributed by atoms with Crippen molar-refractivity contribution in [3.05, 3.63) is 36.7 Å². The Hall–Kier alpha value is -2.60. The molecule has 3 aromatic rings. The molecule has 1 aromatic carbocycles. The average Bonchev–Trinajstić information content (AvgIpc) is 3.32. The largest absolute Gasteiger partial charge is 0.488 e. The molecule has 4 rings (SSSR count). The van der Waals surface area contributed by atoms with Crippen LogP contribution >= 0.6 is 0 Å². The van der Waals surface area contributed by atoms with Crippen molar-refractivity contribution in [2.75, 3.05) is 20.2 Å². The maximum Gasteiger partial charge on any atom is 0.213 e. The van der Waals surface area contributed by atoms with Gasteiger partial charge in [0.2, 0.25) is 5.88 Å². The van der Waals surface area contributed by atoms with Crippen LogP contribution in [-0.4, -0.2) is 40.8 Å². The van der Waals surface area contributed by atoms with Crippen molar-refractivity contribution >= 4 is 11.0 Å². The number of imidazole rings is 1. The number of hydrogen-bond acceptors (Lipinski definition) is 5. The fourth-order valence-corrected chi connectivity index (χ4v) is 3.55. The lowest BCUT2D eigenvalue weighted by atomic mass is 10.0. The molecule has 2 atom stereocenters. The molecule has 0 aliphatic carbocycles. The third kappa shape index (κ3) is 3.12. The van der Waals surface area contributed by atoms with E-state index in [2.05, 4.69) is 28.3 Å². The molecule has 0 spiro atoms. The van der Waals surface area contributed by atoms with Crippen LogP contribution in [0.1, 0.15) is 13.3 Å². The fraction of sp³-hybridized carbons (Fsp3) is 0.400. The predicted octanol–water partition coefficient (Wildman–Crippen LogP) is 3.02. The number of aromatic nitrogens is 3. The molecule has 0 amide bonds. The first-order valence-electron chi connectivity index (χ1n) is 8.99. The van der Waals surface area contributed by atoms with Gasteiger partial charge < -0.3 is 19.4 Å². The van der Waals surface area contributed by atoms with Gasteiger partial charge in [0, 0.05) is 31.1 Å². The van der Waals surface area contributed by atoms with Crippen molar-refractivity contribution in [1.82, 2.24) is 19.9 Å². The maximum atomic E-state index is 6.41. The van der Waals surface area contributed by atoms with E-state index >= 15 is 0 Å². The Morgan fingerprint density at radius 1 is 1.31 bits per heavy atom. The van der Waals surface area contributed by atoms with E-state index in [0.717, 1.165) is 47.6 Å². The van der Waals surface area contributed by atoms with E-state index in [1.165, 1.54) is 0 Å². The van der Waals surface area contributed by atoms with Crippen LogP contribution in [0.25, 0.3) is 22.3 Å². The summed E-state index contributed by atoms with van der Waals surface area (Å²) >= 11 is 0. The number of pyridine rings is 1. The van der Waals surface area contributed by atoms with Crippen molar-refractivity contribution < 1.29 is 9.47 Å². The molecule has 0 unspecified atom stereocenters. The molecule has 1 aliphatic rings. The number of fused-ring (bicyclic) bond motifs is 1. The van der Waals surface area contributed by atoms with Gasteiger partial charge in [-0.3, -0.25) is 0 Å². The van der Waals surface area contributed by atoms with Gasteiger partial charge in [0.1, 0.15) is 17.4 Å². The third-order valence-corrected chi connectivity index (χ3v) is 5.08. The quantitative estimate of drug-likeness (QED) is 0.765. The molecule has 0 bridgehead atoms. The standard InChI is InChI=1S/C20H24N4O2/c1-13(14-7-8-21-11-14)26-18-10-15(9-17-20(18)24(2)12-22-17)16-5-4-6-19(23-16)25-3/h4-6,9-10,12-14,21H,7-8,11H2,1-3H3/t13-,14-/m1/s1. The highest BCUT2D eigenvalue weighted by Crippen LogP contribution is 2.33. The third-order valence-electron chi connectivity index (χ3n) is 5.08. The normalized spacial score (nSPS) is 18.2. The summed E-state index contributed by atoms with van der Waals surface area (Å²) < 4.78 is 13.7. The smallest absolute Gasteiger partial charge is 0.213 e. The van der Waals surface area contributed by atoms with Gasteiger partial charge in [-0.1, -0.05) is 6.07 Å². The Balaban J connectivity index is 1.75. The van der Waals surface area contributed by atoms with Crippen molar-refractivity contribution in [2.24, 2.45) is 13.0 Å². The summed E-state index contributed by atoms with van der Waals surface area (Å²) in [5.41, 5.74) is 3.73. The summed E-state index contributed by atoms with van der Waals surface area (Å²) in [6, 6.07) is 9.86. The summed E-state index contributed by atoms with van der Waals surface area (Å²) in [5, 5.41) is 3.41. The highest BCUT2D eigenvalue weighted by atomic mass is 16.5. The number of benzene rings is 1. The van der Waals surface area contributed by atoms with E-state index in [0.29, 0.717) is 11.8 Å². The minimum absolute atomic E-state index is 0.136. The second-order valence-corrected chi connectivity index (χ2v) is 6.84. The molecule has 136 valence electrons. The van der Waals surface area contributed by atoms with Gasteiger partial charge in [0.15, 0.2) is 0 Å². The number of methoxy groups -OCH3 is 1. The van der Waals surface area contributed by atoms with Gasteiger partial charge in [0.25, 0.3) is 0 Å². The lowest BCUT2D eigenvalue weighted by molar-refractivity contribution is 0.163. The van der Waals surface area contributed by atoms with Crippen molar-refractivity contribution in [3.63, 3.8) is 0 Å². The van der Waals surface area contributed by atoms with Gasteiger partial charge >= 0.3 is 0 Å². The zero-order valence-corrected chi connectivity index (χ0v) is 15.4. The van der Waals surface area contributed by atoms with Gasteiger partial charge in [-0.2, -0.15) is 0 Å². The van der Waals surface area contributed by atoms with Crippen LogP contribution in [0.3, 0.4) is 0 Å². The Morgan fingerprint density at radius 3 is 2.96 bits per heavy atom. The first kappa shape index (κ1) is 16.8. The van der Waals surface area contributed by atoms with Crippen LogP contribution in [0.2, 0.25) is 0 Å². The Labute approximate surface area is 153 Å². The average molecular weight is 352 g/mol. The van der Waals surface area contributed by atoms with E-state index in [9.17, 15) is 0 Å². The number of nitrogens with one attached hydrogen (secondary N) is 1. The van der Waals surface area contributed by atoms with E-state index in [1.807, 2.05) is 42.2 Å². The molecule has 1 fully saturated rings. The topological polar surface area (TPSA) is 61.2 Å². The highest BCUT2D eigenvalue weighted by molar-refractivity contribution is 5.87. The molecular weight excluding hydrogens is 328 g/mol. The number of hydrogen-bond donors (Lipinski definition) is 1. The molecule has 0 radical (unpaired) electrons. The zero-order valence-electron chi connectivity index (χ0n) is 15.4. The first-order chi connectivity index (χ1) is 12.7. The molecule has 1 N–H and O–H groups in total. The lowest BCUT2D eigenvalue weighted by Gasteiger charge is -2.21. The number of rotatable bonds is 5. The van der Waals surface area contributed by atoms with Crippen LogP contribution in [0.5, 0.6) is 11.6 Å². The van der Waals surface area contributed by atoms with E-state index in [-0.39, 0.29) is 6.10 Å². The van der Waals surface area contributed by atoms with Gasteiger partial charge in [-0.05, 0) is 38.1 Å².